The van der Waals surface area contributed by atoms with E-state index >= 15 is 0 Å². The number of aliphatic hydroxyl groups excluding tert-OH is 1. The molecule has 0 spiro atoms. The molecule has 6 nitrogen and oxygen atoms in total. The molecule has 2 heterocycles. The smallest absolute Gasteiger partial charge is 0.251 e. The van der Waals surface area contributed by atoms with Crippen LogP contribution in [0.5, 0.6) is 0 Å². The van der Waals surface area contributed by atoms with Crippen molar-refractivity contribution < 1.29 is 14.6 Å². The number of hydrogen-bond donors (Lipinski definition) is 1. The Morgan fingerprint density at radius 1 is 1.52 bits per heavy atom. The summed E-state index contributed by atoms with van der Waals surface area (Å²) in [4.78, 5) is 25.8. The van der Waals surface area contributed by atoms with Gasteiger partial charge < -0.3 is 19.3 Å². The number of halogens is 1. The summed E-state index contributed by atoms with van der Waals surface area (Å²) < 4.78 is 7.78. The van der Waals surface area contributed by atoms with Crippen LogP contribution in [0.15, 0.2) is 27.6 Å². The average molecular weight is 359 g/mol. The van der Waals surface area contributed by atoms with Crippen molar-refractivity contribution in [2.24, 2.45) is 0 Å². The lowest BCUT2D eigenvalue weighted by Crippen LogP contribution is -2.56. The highest BCUT2D eigenvalue weighted by Crippen LogP contribution is 2.21. The van der Waals surface area contributed by atoms with Gasteiger partial charge in [0.15, 0.2) is 0 Å². The summed E-state index contributed by atoms with van der Waals surface area (Å²) in [6.45, 7) is 4.36. The van der Waals surface area contributed by atoms with Crippen molar-refractivity contribution in [2.75, 3.05) is 19.7 Å². The molecule has 1 atom stereocenters. The molecule has 1 saturated heterocycles. The number of rotatable bonds is 3. The summed E-state index contributed by atoms with van der Waals surface area (Å²) in [7, 11) is 0. The van der Waals surface area contributed by atoms with E-state index in [2.05, 4.69) is 15.9 Å². The lowest BCUT2D eigenvalue weighted by Gasteiger charge is -2.42. The van der Waals surface area contributed by atoms with Gasteiger partial charge in [-0.15, -0.1) is 0 Å². The van der Waals surface area contributed by atoms with E-state index in [0.29, 0.717) is 13.1 Å². The Hall–Kier alpha value is -1.18. The monoisotopic (exact) mass is 358 g/mol. The number of ether oxygens (including phenoxy) is 1. The number of aromatic nitrogens is 1. The molecule has 1 aliphatic rings. The molecule has 0 aliphatic carbocycles. The van der Waals surface area contributed by atoms with Crippen molar-refractivity contribution in [3.05, 3.63) is 33.2 Å². The molecular weight excluding hydrogens is 340 g/mol. The second-order valence-electron chi connectivity index (χ2n) is 5.77. The third-order valence-electron chi connectivity index (χ3n) is 3.29. The maximum Gasteiger partial charge on any atom is 0.251 e. The van der Waals surface area contributed by atoms with Gasteiger partial charge in [0.2, 0.25) is 5.91 Å². The highest BCUT2D eigenvalue weighted by molar-refractivity contribution is 9.10. The number of hydrogen-bond acceptors (Lipinski definition) is 4. The van der Waals surface area contributed by atoms with Crippen LogP contribution in [-0.2, 0) is 16.1 Å². The van der Waals surface area contributed by atoms with Crippen molar-refractivity contribution in [1.29, 1.82) is 0 Å². The topological polar surface area (TPSA) is 71.8 Å². The molecule has 0 aromatic carbocycles. The Labute approximate surface area is 131 Å². The van der Waals surface area contributed by atoms with E-state index in [0.717, 1.165) is 4.47 Å². The number of carbonyl (C=O) groups excluding carboxylic acids is 1. The third kappa shape index (κ3) is 4.15. The van der Waals surface area contributed by atoms with E-state index in [-0.39, 0.29) is 24.6 Å². The van der Waals surface area contributed by atoms with Crippen molar-refractivity contribution in [2.45, 2.75) is 32.1 Å². The molecule has 0 bridgehead atoms. The van der Waals surface area contributed by atoms with Crippen LogP contribution in [0.3, 0.4) is 0 Å². The minimum Gasteiger partial charge on any atom is -0.394 e. The van der Waals surface area contributed by atoms with Crippen LogP contribution in [0.4, 0.5) is 0 Å². The molecule has 1 aromatic heterocycles. The molecule has 1 fully saturated rings. The van der Waals surface area contributed by atoms with E-state index in [1.165, 1.54) is 10.6 Å². The lowest BCUT2D eigenvalue weighted by molar-refractivity contribution is -0.167. The minimum absolute atomic E-state index is 0.0213. The number of nitrogens with zero attached hydrogens (tertiary/aromatic N) is 2. The second-order valence-corrected chi connectivity index (χ2v) is 6.69. The van der Waals surface area contributed by atoms with Gasteiger partial charge in [-0.25, -0.2) is 0 Å². The molecule has 0 saturated carbocycles. The summed E-state index contributed by atoms with van der Waals surface area (Å²) in [6.07, 6.45) is 1.20. The Morgan fingerprint density at radius 2 is 2.24 bits per heavy atom. The molecule has 1 aliphatic heterocycles. The van der Waals surface area contributed by atoms with Gasteiger partial charge in [-0.3, -0.25) is 9.59 Å². The summed E-state index contributed by atoms with van der Waals surface area (Å²) in [6, 6.07) is 3.06. The van der Waals surface area contributed by atoms with Crippen molar-refractivity contribution in [3.8, 4) is 0 Å². The molecule has 1 amide bonds. The predicted octanol–water partition coefficient (Wildman–Crippen LogP) is 0.609. The summed E-state index contributed by atoms with van der Waals surface area (Å²) in [5.74, 6) is -0.162. The van der Waals surface area contributed by atoms with Crippen molar-refractivity contribution >= 4 is 21.8 Å². The van der Waals surface area contributed by atoms with Gasteiger partial charge in [-0.2, -0.15) is 0 Å². The quantitative estimate of drug-likeness (QED) is 0.859. The fourth-order valence-corrected chi connectivity index (χ4v) is 2.83. The molecule has 0 radical (unpaired) electrons. The first kappa shape index (κ1) is 16.2. The van der Waals surface area contributed by atoms with Gasteiger partial charge >= 0.3 is 0 Å². The fourth-order valence-electron chi connectivity index (χ4n) is 2.45. The molecular formula is C14H19BrN2O4. The molecule has 2 rings (SSSR count). The number of carbonyl (C=O) groups is 1. The van der Waals surface area contributed by atoms with Crippen LogP contribution in [0.25, 0.3) is 0 Å². The van der Waals surface area contributed by atoms with Gasteiger partial charge in [0.1, 0.15) is 6.54 Å². The minimum atomic E-state index is -0.510. The average Bonchev–Trinajstić information content (AvgIpc) is 2.41. The van der Waals surface area contributed by atoms with E-state index in [1.54, 1.807) is 17.2 Å². The van der Waals surface area contributed by atoms with Crippen LogP contribution >= 0.6 is 15.9 Å². The Kier molecular flexibility index (Phi) is 4.85. The van der Waals surface area contributed by atoms with Gasteiger partial charge in [-0.1, -0.05) is 0 Å². The van der Waals surface area contributed by atoms with E-state index in [1.807, 2.05) is 13.8 Å². The van der Waals surface area contributed by atoms with Crippen LogP contribution in [0.2, 0.25) is 0 Å². The number of aliphatic hydroxyl groups is 1. The normalized spacial score (nSPS) is 21.3. The standard InChI is InChI=1S/C14H19BrN2O4/c1-14(2)9-17(6-11(8-18)21-14)13(20)7-16-5-10(15)3-4-12(16)19/h3-5,11,18H,6-9H2,1-2H3. The summed E-state index contributed by atoms with van der Waals surface area (Å²) in [5.41, 5.74) is -0.735. The lowest BCUT2D eigenvalue weighted by atomic mass is 10.1. The van der Waals surface area contributed by atoms with Gasteiger partial charge in [-0.05, 0) is 35.8 Å². The molecule has 116 valence electrons. The maximum absolute atomic E-state index is 12.4. The summed E-state index contributed by atoms with van der Waals surface area (Å²) >= 11 is 3.28. The van der Waals surface area contributed by atoms with E-state index in [4.69, 9.17) is 4.74 Å². The maximum atomic E-state index is 12.4. The molecule has 1 unspecified atom stereocenters. The Bertz CT molecular complexity index is 585. The SMILES string of the molecule is CC1(C)CN(C(=O)Cn2cc(Br)ccc2=O)CC(CO)O1. The highest BCUT2D eigenvalue weighted by Gasteiger charge is 2.35. The van der Waals surface area contributed by atoms with Gasteiger partial charge in [0.25, 0.3) is 5.56 Å². The number of morpholine rings is 1. The zero-order valence-electron chi connectivity index (χ0n) is 12.1. The van der Waals surface area contributed by atoms with Crippen LogP contribution < -0.4 is 5.56 Å². The number of pyridine rings is 1. The van der Waals surface area contributed by atoms with Crippen LogP contribution in [0.1, 0.15) is 13.8 Å². The van der Waals surface area contributed by atoms with Gasteiger partial charge in [0.05, 0.1) is 18.3 Å². The summed E-state index contributed by atoms with van der Waals surface area (Å²) in [5, 5.41) is 9.27. The Morgan fingerprint density at radius 3 is 2.90 bits per heavy atom. The van der Waals surface area contributed by atoms with Crippen molar-refractivity contribution in [3.63, 3.8) is 0 Å². The van der Waals surface area contributed by atoms with E-state index < -0.39 is 11.7 Å². The first-order valence-corrected chi connectivity index (χ1v) is 7.52. The largest absolute Gasteiger partial charge is 0.394 e. The first-order chi connectivity index (χ1) is 9.80. The van der Waals surface area contributed by atoms with E-state index in [9.17, 15) is 14.7 Å². The van der Waals surface area contributed by atoms with Gasteiger partial charge in [0, 0.05) is 29.8 Å². The predicted molar refractivity (Wildman–Crippen MR) is 81.0 cm³/mol. The zero-order valence-corrected chi connectivity index (χ0v) is 13.7. The fraction of sp³-hybridized carbons (Fsp3) is 0.571. The highest BCUT2D eigenvalue weighted by atomic mass is 79.9. The van der Waals surface area contributed by atoms with Crippen molar-refractivity contribution in [1.82, 2.24) is 9.47 Å². The molecule has 1 aromatic rings. The van der Waals surface area contributed by atoms with Crippen LogP contribution in [-0.4, -0.2) is 51.9 Å². The molecule has 1 N–H and O–H groups in total. The molecule has 7 heteroatoms. The Balaban J connectivity index is 2.12. The second kappa shape index (κ2) is 6.29. The first-order valence-electron chi connectivity index (χ1n) is 6.73. The van der Waals surface area contributed by atoms with Crippen LogP contribution in [0, 0.1) is 0 Å². The molecule has 21 heavy (non-hydrogen) atoms. The zero-order chi connectivity index (χ0) is 15.6. The number of amides is 1. The third-order valence-corrected chi connectivity index (χ3v) is 3.76.